The molecule has 1 amide bonds. The fourth-order valence-electron chi connectivity index (χ4n) is 3.49. The number of carbonyl (C=O) groups is 2. The van der Waals surface area contributed by atoms with Crippen molar-refractivity contribution in [2.24, 2.45) is 4.99 Å². The quantitative estimate of drug-likeness (QED) is 0.616. The number of hydrogen-bond acceptors (Lipinski definition) is 5. The summed E-state index contributed by atoms with van der Waals surface area (Å²) in [5.41, 5.74) is 1.39. The van der Waals surface area contributed by atoms with Gasteiger partial charge in [-0.25, -0.2) is 4.79 Å². The van der Waals surface area contributed by atoms with Gasteiger partial charge in [0.15, 0.2) is 11.5 Å². The number of methoxy groups -OCH3 is 1. The van der Waals surface area contributed by atoms with Crippen molar-refractivity contribution < 1.29 is 19.1 Å². The first kappa shape index (κ1) is 17.3. The van der Waals surface area contributed by atoms with Crippen molar-refractivity contribution in [2.45, 2.75) is 25.3 Å². The van der Waals surface area contributed by atoms with Gasteiger partial charge in [0.05, 0.1) is 30.0 Å². The number of aliphatic imine (C=N–C) groups is 1. The molecule has 0 unspecified atom stereocenters. The van der Waals surface area contributed by atoms with Gasteiger partial charge < -0.3 is 14.4 Å². The summed E-state index contributed by atoms with van der Waals surface area (Å²) < 4.78 is 10.9. The molecule has 1 atom stereocenters. The Labute approximate surface area is 157 Å². The van der Waals surface area contributed by atoms with E-state index in [1.165, 1.54) is 7.11 Å². The lowest BCUT2D eigenvalue weighted by atomic mass is 10.0. The van der Waals surface area contributed by atoms with Gasteiger partial charge in [0.25, 0.3) is 5.91 Å². The van der Waals surface area contributed by atoms with Crippen LogP contribution in [0.2, 0.25) is 0 Å². The van der Waals surface area contributed by atoms with E-state index < -0.39 is 5.97 Å². The molecular formula is C21H20N2O4. The highest BCUT2D eigenvalue weighted by Gasteiger charge is 2.31. The fraction of sp³-hybridized carbons (Fsp3) is 0.286. The number of fused-ring (bicyclic) bond motifs is 2. The summed E-state index contributed by atoms with van der Waals surface area (Å²) >= 11 is 0. The Bertz CT molecular complexity index is 908. The van der Waals surface area contributed by atoms with Gasteiger partial charge in [-0.3, -0.25) is 9.79 Å². The second-order valence-corrected chi connectivity index (χ2v) is 6.62. The lowest BCUT2D eigenvalue weighted by molar-refractivity contribution is 0.0687. The fourth-order valence-corrected chi connectivity index (χ4v) is 3.49. The number of rotatable bonds is 3. The number of nitrogens with zero attached hydrogens (tertiary/aromatic N) is 2. The standard InChI is InChI=1S/C21H20N2O4/c1-26-18-11-16-17(22-13-15-9-5-6-10-23(15)20(16)24)12-19(18)27-21(25)14-7-3-2-4-8-14/h2-4,7-8,11-13,15H,5-6,9-10H2,1H3/t15-/m1/s1. The maximum Gasteiger partial charge on any atom is 0.343 e. The van der Waals surface area contributed by atoms with Gasteiger partial charge in [-0.1, -0.05) is 18.2 Å². The highest BCUT2D eigenvalue weighted by atomic mass is 16.6. The summed E-state index contributed by atoms with van der Waals surface area (Å²) in [4.78, 5) is 31.7. The summed E-state index contributed by atoms with van der Waals surface area (Å²) in [6, 6.07) is 11.9. The molecule has 6 heteroatoms. The van der Waals surface area contributed by atoms with Gasteiger partial charge in [0.2, 0.25) is 0 Å². The molecule has 27 heavy (non-hydrogen) atoms. The Balaban J connectivity index is 1.70. The largest absolute Gasteiger partial charge is 0.493 e. The summed E-state index contributed by atoms with van der Waals surface area (Å²) in [7, 11) is 1.48. The lowest BCUT2D eigenvalue weighted by Crippen LogP contribution is -2.43. The molecule has 2 heterocycles. The van der Waals surface area contributed by atoms with Crippen molar-refractivity contribution in [3.05, 3.63) is 53.6 Å². The molecule has 2 aromatic carbocycles. The van der Waals surface area contributed by atoms with Crippen LogP contribution in [-0.4, -0.2) is 42.7 Å². The molecule has 1 fully saturated rings. The highest BCUT2D eigenvalue weighted by Crippen LogP contribution is 2.38. The minimum atomic E-state index is -0.491. The summed E-state index contributed by atoms with van der Waals surface area (Å²) in [5, 5.41) is 0. The van der Waals surface area contributed by atoms with Crippen molar-refractivity contribution in [3.8, 4) is 11.5 Å². The van der Waals surface area contributed by atoms with E-state index in [0.29, 0.717) is 22.6 Å². The van der Waals surface area contributed by atoms with Gasteiger partial charge in [-0.2, -0.15) is 0 Å². The third kappa shape index (κ3) is 3.30. The average Bonchev–Trinajstić information content (AvgIpc) is 2.85. The molecule has 4 rings (SSSR count). The maximum absolute atomic E-state index is 13.0. The van der Waals surface area contributed by atoms with Crippen molar-refractivity contribution in [1.82, 2.24) is 4.90 Å². The molecule has 0 N–H and O–H groups in total. The number of carbonyl (C=O) groups excluding carboxylic acids is 2. The van der Waals surface area contributed by atoms with Crippen LogP contribution in [0.4, 0.5) is 5.69 Å². The zero-order chi connectivity index (χ0) is 18.8. The minimum Gasteiger partial charge on any atom is -0.493 e. The molecule has 0 bridgehead atoms. The maximum atomic E-state index is 13.0. The molecule has 0 radical (unpaired) electrons. The molecule has 0 aromatic heterocycles. The first-order valence-electron chi connectivity index (χ1n) is 9.02. The van der Waals surface area contributed by atoms with E-state index in [0.717, 1.165) is 25.8 Å². The number of piperidine rings is 1. The van der Waals surface area contributed by atoms with E-state index in [-0.39, 0.29) is 17.7 Å². The highest BCUT2D eigenvalue weighted by molar-refractivity contribution is 6.03. The van der Waals surface area contributed by atoms with Gasteiger partial charge in [-0.05, 0) is 37.5 Å². The van der Waals surface area contributed by atoms with E-state index in [4.69, 9.17) is 9.47 Å². The smallest absolute Gasteiger partial charge is 0.343 e. The van der Waals surface area contributed by atoms with E-state index in [2.05, 4.69) is 4.99 Å². The van der Waals surface area contributed by atoms with Crippen LogP contribution in [0.5, 0.6) is 11.5 Å². The number of hydrogen-bond donors (Lipinski definition) is 0. The molecule has 1 saturated heterocycles. The van der Waals surface area contributed by atoms with Crippen molar-refractivity contribution in [3.63, 3.8) is 0 Å². The van der Waals surface area contributed by atoms with Crippen LogP contribution in [0.1, 0.15) is 40.0 Å². The van der Waals surface area contributed by atoms with Crippen LogP contribution in [0.15, 0.2) is 47.5 Å². The molecule has 2 aliphatic heterocycles. The molecule has 138 valence electrons. The SMILES string of the molecule is COc1cc2c(cc1OC(=O)c1ccccc1)N=C[C@H]1CCCCN1C2=O. The third-order valence-electron chi connectivity index (χ3n) is 4.92. The number of esters is 1. The monoisotopic (exact) mass is 364 g/mol. The summed E-state index contributed by atoms with van der Waals surface area (Å²) in [5.74, 6) is 0.0219. The molecule has 2 aromatic rings. The van der Waals surface area contributed by atoms with Gasteiger partial charge in [0.1, 0.15) is 0 Å². The number of ether oxygens (including phenoxy) is 2. The molecule has 0 saturated carbocycles. The number of benzene rings is 2. The molecular weight excluding hydrogens is 344 g/mol. The molecule has 0 spiro atoms. The topological polar surface area (TPSA) is 68.2 Å². The van der Waals surface area contributed by atoms with Crippen molar-refractivity contribution in [1.29, 1.82) is 0 Å². The van der Waals surface area contributed by atoms with Crippen molar-refractivity contribution in [2.75, 3.05) is 13.7 Å². The number of amides is 1. The Morgan fingerprint density at radius 1 is 1.15 bits per heavy atom. The predicted octanol–water partition coefficient (Wildman–Crippen LogP) is 3.63. The Hall–Kier alpha value is -3.15. The Morgan fingerprint density at radius 2 is 1.96 bits per heavy atom. The predicted molar refractivity (Wildman–Crippen MR) is 101 cm³/mol. The minimum absolute atomic E-state index is 0.0139. The van der Waals surface area contributed by atoms with Crippen LogP contribution in [0.25, 0.3) is 0 Å². The van der Waals surface area contributed by atoms with E-state index in [1.807, 2.05) is 17.2 Å². The van der Waals surface area contributed by atoms with Crippen LogP contribution >= 0.6 is 0 Å². The first-order chi connectivity index (χ1) is 13.2. The van der Waals surface area contributed by atoms with Crippen LogP contribution < -0.4 is 9.47 Å². The zero-order valence-corrected chi connectivity index (χ0v) is 15.1. The van der Waals surface area contributed by atoms with Crippen LogP contribution in [0, 0.1) is 0 Å². The second kappa shape index (κ2) is 7.23. The Morgan fingerprint density at radius 3 is 2.74 bits per heavy atom. The second-order valence-electron chi connectivity index (χ2n) is 6.62. The Kier molecular flexibility index (Phi) is 4.62. The summed E-state index contributed by atoms with van der Waals surface area (Å²) in [6.45, 7) is 0.724. The molecule has 2 aliphatic rings. The van der Waals surface area contributed by atoms with Crippen molar-refractivity contribution >= 4 is 23.8 Å². The van der Waals surface area contributed by atoms with E-state index in [1.54, 1.807) is 36.4 Å². The van der Waals surface area contributed by atoms with Gasteiger partial charge in [0, 0.05) is 18.8 Å². The molecule has 0 aliphatic carbocycles. The third-order valence-corrected chi connectivity index (χ3v) is 4.92. The van der Waals surface area contributed by atoms with Crippen LogP contribution in [-0.2, 0) is 0 Å². The lowest BCUT2D eigenvalue weighted by Gasteiger charge is -2.32. The van der Waals surface area contributed by atoms with Gasteiger partial charge in [-0.15, -0.1) is 0 Å². The zero-order valence-electron chi connectivity index (χ0n) is 15.1. The van der Waals surface area contributed by atoms with Gasteiger partial charge >= 0.3 is 5.97 Å². The average molecular weight is 364 g/mol. The van der Waals surface area contributed by atoms with E-state index in [9.17, 15) is 9.59 Å². The summed E-state index contributed by atoms with van der Waals surface area (Å²) in [6.07, 6.45) is 4.81. The molecule has 6 nitrogen and oxygen atoms in total. The normalized spacial score (nSPS) is 18.3. The van der Waals surface area contributed by atoms with E-state index >= 15 is 0 Å². The van der Waals surface area contributed by atoms with Crippen LogP contribution in [0.3, 0.4) is 0 Å². The first-order valence-corrected chi connectivity index (χ1v) is 9.02.